The summed E-state index contributed by atoms with van der Waals surface area (Å²) in [4.78, 5) is 15.8. The van der Waals surface area contributed by atoms with Gasteiger partial charge in [-0.1, -0.05) is 24.3 Å². The van der Waals surface area contributed by atoms with E-state index in [-0.39, 0.29) is 11.9 Å². The fraction of sp³-hybridized carbons (Fsp3) is 0.286. The number of rotatable bonds is 4. The van der Waals surface area contributed by atoms with Crippen LogP contribution in [0.3, 0.4) is 0 Å². The van der Waals surface area contributed by atoms with Gasteiger partial charge < -0.3 is 15.6 Å². The second kappa shape index (κ2) is 5.67. The maximum absolute atomic E-state index is 11.9. The first-order chi connectivity index (χ1) is 9.08. The summed E-state index contributed by atoms with van der Waals surface area (Å²) in [7, 11) is 1.79. The number of carbonyl (C=O) groups is 1. The number of aryl methyl sites for hydroxylation is 1. The SMILES string of the molecule is CC(N)c1ccc(CNC(=O)c2cncn2C)cc1. The van der Waals surface area contributed by atoms with Crippen LogP contribution in [0.25, 0.3) is 0 Å². The molecule has 0 radical (unpaired) electrons. The monoisotopic (exact) mass is 258 g/mol. The first kappa shape index (κ1) is 13.3. The Morgan fingerprint density at radius 2 is 2.11 bits per heavy atom. The molecule has 3 N–H and O–H groups in total. The Kier molecular flexibility index (Phi) is 3.97. The molecule has 1 aromatic heterocycles. The molecule has 2 aromatic rings. The number of nitrogens with two attached hydrogens (primary N) is 1. The van der Waals surface area contributed by atoms with Gasteiger partial charge in [0.05, 0.1) is 12.5 Å². The lowest BCUT2D eigenvalue weighted by Gasteiger charge is -2.08. The second-order valence-electron chi connectivity index (χ2n) is 4.60. The van der Waals surface area contributed by atoms with E-state index in [1.165, 1.54) is 0 Å². The predicted molar refractivity (Wildman–Crippen MR) is 73.4 cm³/mol. The third kappa shape index (κ3) is 3.20. The molecule has 0 saturated carbocycles. The molecule has 1 atom stereocenters. The molecule has 1 unspecified atom stereocenters. The molecule has 100 valence electrons. The minimum absolute atomic E-state index is 0.0260. The highest BCUT2D eigenvalue weighted by Gasteiger charge is 2.09. The van der Waals surface area contributed by atoms with Crippen molar-refractivity contribution in [2.24, 2.45) is 12.8 Å². The van der Waals surface area contributed by atoms with Gasteiger partial charge in [0.2, 0.25) is 0 Å². The van der Waals surface area contributed by atoms with E-state index in [1.54, 1.807) is 24.1 Å². The van der Waals surface area contributed by atoms with Crippen LogP contribution in [0.5, 0.6) is 0 Å². The van der Waals surface area contributed by atoms with Crippen molar-refractivity contribution >= 4 is 5.91 Å². The number of nitrogens with one attached hydrogen (secondary N) is 1. The first-order valence-corrected chi connectivity index (χ1v) is 6.17. The van der Waals surface area contributed by atoms with Crippen LogP contribution in [0.1, 0.15) is 34.6 Å². The number of carbonyl (C=O) groups excluding carboxylic acids is 1. The van der Waals surface area contributed by atoms with Gasteiger partial charge >= 0.3 is 0 Å². The van der Waals surface area contributed by atoms with Crippen molar-refractivity contribution in [2.75, 3.05) is 0 Å². The average Bonchev–Trinajstić information content (AvgIpc) is 2.83. The van der Waals surface area contributed by atoms with Gasteiger partial charge in [0.15, 0.2) is 0 Å². The van der Waals surface area contributed by atoms with Gasteiger partial charge in [-0.05, 0) is 18.1 Å². The summed E-state index contributed by atoms with van der Waals surface area (Å²) >= 11 is 0. The highest BCUT2D eigenvalue weighted by molar-refractivity contribution is 5.92. The molecule has 19 heavy (non-hydrogen) atoms. The maximum atomic E-state index is 11.9. The van der Waals surface area contributed by atoms with Crippen molar-refractivity contribution in [3.8, 4) is 0 Å². The van der Waals surface area contributed by atoms with E-state index in [9.17, 15) is 4.79 Å². The number of imidazole rings is 1. The molecule has 1 aromatic carbocycles. The summed E-state index contributed by atoms with van der Waals surface area (Å²) in [6.07, 6.45) is 3.15. The molecule has 5 heteroatoms. The zero-order valence-corrected chi connectivity index (χ0v) is 11.1. The molecule has 0 aliphatic rings. The van der Waals surface area contributed by atoms with E-state index in [0.29, 0.717) is 12.2 Å². The van der Waals surface area contributed by atoms with E-state index >= 15 is 0 Å². The zero-order chi connectivity index (χ0) is 13.8. The molecule has 0 spiro atoms. The Hall–Kier alpha value is -2.14. The van der Waals surface area contributed by atoms with Crippen LogP contribution >= 0.6 is 0 Å². The number of aromatic nitrogens is 2. The molecule has 1 heterocycles. The minimum atomic E-state index is -0.128. The van der Waals surface area contributed by atoms with Crippen LogP contribution < -0.4 is 11.1 Å². The van der Waals surface area contributed by atoms with Crippen molar-refractivity contribution in [3.63, 3.8) is 0 Å². The third-order valence-electron chi connectivity index (χ3n) is 3.01. The molecule has 0 aliphatic carbocycles. The van der Waals surface area contributed by atoms with Gasteiger partial charge in [0, 0.05) is 19.6 Å². The topological polar surface area (TPSA) is 72.9 Å². The van der Waals surface area contributed by atoms with Gasteiger partial charge in [0.25, 0.3) is 5.91 Å². The Morgan fingerprint density at radius 3 is 2.63 bits per heavy atom. The summed E-state index contributed by atoms with van der Waals surface area (Å²) in [6, 6.07) is 7.94. The minimum Gasteiger partial charge on any atom is -0.347 e. The average molecular weight is 258 g/mol. The lowest BCUT2D eigenvalue weighted by Crippen LogP contribution is -2.24. The standard InChI is InChI=1S/C14H18N4O/c1-10(15)12-5-3-11(4-6-12)7-17-14(19)13-8-16-9-18(13)2/h3-6,8-10H,7,15H2,1-2H3,(H,17,19). The van der Waals surface area contributed by atoms with Gasteiger partial charge in [0.1, 0.15) is 5.69 Å². The Bertz CT molecular complexity index is 557. The summed E-state index contributed by atoms with van der Waals surface area (Å²) in [5.41, 5.74) is 8.46. The smallest absolute Gasteiger partial charge is 0.269 e. The van der Waals surface area contributed by atoms with E-state index in [1.807, 2.05) is 31.2 Å². The third-order valence-corrected chi connectivity index (χ3v) is 3.01. The fourth-order valence-electron chi connectivity index (χ4n) is 1.79. The van der Waals surface area contributed by atoms with Crippen molar-refractivity contribution in [1.29, 1.82) is 0 Å². The van der Waals surface area contributed by atoms with Crippen molar-refractivity contribution < 1.29 is 4.79 Å². The molecular weight excluding hydrogens is 240 g/mol. The predicted octanol–water partition coefficient (Wildman–Crippen LogP) is 1.37. The lowest BCUT2D eigenvalue weighted by molar-refractivity contribution is 0.0942. The van der Waals surface area contributed by atoms with Gasteiger partial charge in [-0.3, -0.25) is 4.79 Å². The maximum Gasteiger partial charge on any atom is 0.269 e. The van der Waals surface area contributed by atoms with Crippen LogP contribution in [0, 0.1) is 0 Å². The number of benzene rings is 1. The van der Waals surface area contributed by atoms with E-state index < -0.39 is 0 Å². The zero-order valence-electron chi connectivity index (χ0n) is 11.1. The summed E-state index contributed by atoms with van der Waals surface area (Å²) in [5.74, 6) is -0.128. The van der Waals surface area contributed by atoms with Crippen LogP contribution in [0.2, 0.25) is 0 Å². The highest BCUT2D eigenvalue weighted by Crippen LogP contribution is 2.10. The van der Waals surface area contributed by atoms with E-state index in [2.05, 4.69) is 10.3 Å². The number of nitrogens with zero attached hydrogens (tertiary/aromatic N) is 2. The quantitative estimate of drug-likeness (QED) is 0.870. The van der Waals surface area contributed by atoms with Gasteiger partial charge in [-0.25, -0.2) is 4.98 Å². The van der Waals surface area contributed by atoms with Gasteiger partial charge in [-0.2, -0.15) is 0 Å². The van der Waals surface area contributed by atoms with Crippen molar-refractivity contribution in [3.05, 3.63) is 53.6 Å². The second-order valence-corrected chi connectivity index (χ2v) is 4.60. The van der Waals surface area contributed by atoms with Crippen LogP contribution in [0.4, 0.5) is 0 Å². The van der Waals surface area contributed by atoms with Crippen LogP contribution in [-0.2, 0) is 13.6 Å². The van der Waals surface area contributed by atoms with Gasteiger partial charge in [-0.15, -0.1) is 0 Å². The van der Waals surface area contributed by atoms with Crippen LogP contribution in [0.15, 0.2) is 36.8 Å². The summed E-state index contributed by atoms with van der Waals surface area (Å²) in [6.45, 7) is 2.43. The van der Waals surface area contributed by atoms with E-state index in [0.717, 1.165) is 11.1 Å². The Balaban J connectivity index is 1.95. The molecular formula is C14H18N4O. The molecule has 0 aliphatic heterocycles. The highest BCUT2D eigenvalue weighted by atomic mass is 16.1. The summed E-state index contributed by atoms with van der Waals surface area (Å²) < 4.78 is 1.69. The lowest BCUT2D eigenvalue weighted by atomic mass is 10.1. The largest absolute Gasteiger partial charge is 0.347 e. The molecule has 2 rings (SSSR count). The van der Waals surface area contributed by atoms with Crippen LogP contribution in [-0.4, -0.2) is 15.5 Å². The number of hydrogen-bond donors (Lipinski definition) is 2. The Morgan fingerprint density at radius 1 is 1.42 bits per heavy atom. The normalized spacial score (nSPS) is 12.2. The molecule has 1 amide bonds. The van der Waals surface area contributed by atoms with Crippen molar-refractivity contribution in [1.82, 2.24) is 14.9 Å². The molecule has 0 saturated heterocycles. The first-order valence-electron chi connectivity index (χ1n) is 6.17. The molecule has 5 nitrogen and oxygen atoms in total. The molecule has 0 bridgehead atoms. The van der Waals surface area contributed by atoms with E-state index in [4.69, 9.17) is 5.73 Å². The Labute approximate surface area is 112 Å². The summed E-state index contributed by atoms with van der Waals surface area (Å²) in [5, 5.41) is 2.86. The fourth-order valence-corrected chi connectivity index (χ4v) is 1.79. The number of hydrogen-bond acceptors (Lipinski definition) is 3. The number of amides is 1. The van der Waals surface area contributed by atoms with Crippen molar-refractivity contribution in [2.45, 2.75) is 19.5 Å². The molecule has 0 fully saturated rings.